The van der Waals surface area contributed by atoms with Gasteiger partial charge < -0.3 is 18.6 Å². The van der Waals surface area contributed by atoms with Crippen molar-refractivity contribution in [3.8, 4) is 66.8 Å². The number of nitrogens with zero attached hydrogens (tertiary/aromatic N) is 2. The molecule has 0 atom stereocenters. The summed E-state index contributed by atoms with van der Waals surface area (Å²) in [5, 5.41) is 13.9. The van der Waals surface area contributed by atoms with Crippen LogP contribution in [0.15, 0.2) is 373 Å². The largest absolute Gasteiger partial charge is 0.455 e. The molecule has 0 bridgehead atoms. The molecule has 2 aromatic heterocycles. The lowest BCUT2D eigenvalue weighted by atomic mass is 9.95. The van der Waals surface area contributed by atoms with Gasteiger partial charge in [0.05, 0.1) is 22.7 Å². The van der Waals surface area contributed by atoms with Crippen molar-refractivity contribution in [1.29, 1.82) is 0 Å². The number of hydrogen-bond donors (Lipinski definition) is 0. The highest BCUT2D eigenvalue weighted by Crippen LogP contribution is 2.50. The average molecular weight is 1250 g/mol. The Balaban J connectivity index is 0.644. The van der Waals surface area contributed by atoms with Gasteiger partial charge in [-0.2, -0.15) is 0 Å². The number of para-hydroxylation sites is 6. The zero-order valence-electron chi connectivity index (χ0n) is 53.4. The predicted octanol–water partition coefficient (Wildman–Crippen LogP) is 27.0. The van der Waals surface area contributed by atoms with Gasteiger partial charge >= 0.3 is 0 Å². The Bertz CT molecular complexity index is 6310. The zero-order valence-corrected chi connectivity index (χ0v) is 53.4. The Morgan fingerprint density at radius 3 is 1.06 bits per heavy atom. The van der Waals surface area contributed by atoms with E-state index >= 15 is 0 Å². The summed E-state index contributed by atoms with van der Waals surface area (Å²) < 4.78 is 13.9. The van der Waals surface area contributed by atoms with Crippen molar-refractivity contribution in [3.63, 3.8) is 0 Å². The lowest BCUT2D eigenvalue weighted by Crippen LogP contribution is -2.11. The van der Waals surface area contributed by atoms with E-state index in [1.54, 1.807) is 0 Å². The van der Waals surface area contributed by atoms with Crippen LogP contribution in [0.4, 0.5) is 34.1 Å². The first kappa shape index (κ1) is 56.5. The molecule has 0 aliphatic heterocycles. The lowest BCUT2D eigenvalue weighted by molar-refractivity contribution is 0.670. The van der Waals surface area contributed by atoms with E-state index in [0.717, 1.165) is 139 Å². The molecule has 19 aromatic rings. The molecule has 0 aliphatic rings. The lowest BCUT2D eigenvalue weighted by Gasteiger charge is -2.29. The Labute approximate surface area is 567 Å². The average Bonchev–Trinajstić information content (AvgIpc) is 1.46. The van der Waals surface area contributed by atoms with Gasteiger partial charge in [-0.15, -0.1) is 0 Å². The summed E-state index contributed by atoms with van der Waals surface area (Å²) in [5.74, 6) is 0. The molecule has 0 amide bonds. The SMILES string of the molecule is c1ccc(N(c2ccc(-c3ccc(-c4ccc5ccc(-c6cccc7c6oc6c(-c8ccccc8N(c8ccc(-c9ccc%10ccccc%10c9)cc8)c8cccc9ccccc89)cccc67)cc5c4)cc3)cc2)c2cccc3ccccc23)c(-c2cccc3c2oc2ccccc23)c1. The molecule has 17 aromatic carbocycles. The van der Waals surface area contributed by atoms with Gasteiger partial charge in [-0.25, -0.2) is 0 Å². The molecule has 458 valence electrons. The molecule has 4 heteroatoms. The Kier molecular flexibility index (Phi) is 13.5. The molecule has 0 radical (unpaired) electrons. The molecule has 98 heavy (non-hydrogen) atoms. The van der Waals surface area contributed by atoms with E-state index in [0.29, 0.717) is 0 Å². The second-order valence-electron chi connectivity index (χ2n) is 25.5. The first-order valence-electron chi connectivity index (χ1n) is 33.5. The monoisotopic (exact) mass is 1250 g/mol. The van der Waals surface area contributed by atoms with Gasteiger partial charge in [0.15, 0.2) is 0 Å². The van der Waals surface area contributed by atoms with E-state index in [4.69, 9.17) is 8.83 Å². The van der Waals surface area contributed by atoms with Gasteiger partial charge in [0.2, 0.25) is 0 Å². The summed E-state index contributed by atoms with van der Waals surface area (Å²) >= 11 is 0. The summed E-state index contributed by atoms with van der Waals surface area (Å²) in [6.45, 7) is 0. The van der Waals surface area contributed by atoms with Crippen molar-refractivity contribution in [2.75, 3.05) is 9.80 Å². The molecule has 0 unspecified atom stereocenters. The Morgan fingerprint density at radius 2 is 0.500 bits per heavy atom. The van der Waals surface area contributed by atoms with E-state index in [2.05, 4.69) is 368 Å². The third-order valence-corrected chi connectivity index (χ3v) is 19.9. The van der Waals surface area contributed by atoms with E-state index in [9.17, 15) is 0 Å². The third kappa shape index (κ3) is 9.68. The van der Waals surface area contributed by atoms with Gasteiger partial charge in [-0.05, 0) is 144 Å². The quantitative estimate of drug-likeness (QED) is 0.122. The Morgan fingerprint density at radius 1 is 0.173 bits per heavy atom. The van der Waals surface area contributed by atoms with E-state index in [1.165, 1.54) is 48.8 Å². The molecular formula is C94H60N2O2. The van der Waals surface area contributed by atoms with Crippen molar-refractivity contribution >= 4 is 121 Å². The predicted molar refractivity (Wildman–Crippen MR) is 413 cm³/mol. The third-order valence-electron chi connectivity index (χ3n) is 19.9. The highest BCUT2D eigenvalue weighted by Gasteiger charge is 2.25. The number of hydrogen-bond acceptors (Lipinski definition) is 4. The van der Waals surface area contributed by atoms with Crippen molar-refractivity contribution < 1.29 is 8.83 Å². The van der Waals surface area contributed by atoms with Gasteiger partial charge in [-0.3, -0.25) is 0 Å². The molecule has 19 rings (SSSR count). The fourth-order valence-electron chi connectivity index (χ4n) is 15.1. The second-order valence-corrected chi connectivity index (χ2v) is 25.5. The first-order valence-corrected chi connectivity index (χ1v) is 33.5. The van der Waals surface area contributed by atoms with Gasteiger partial charge in [-0.1, -0.05) is 291 Å². The van der Waals surface area contributed by atoms with Crippen LogP contribution in [0.1, 0.15) is 0 Å². The molecule has 0 saturated carbocycles. The van der Waals surface area contributed by atoms with Crippen LogP contribution < -0.4 is 9.80 Å². The maximum Gasteiger partial charge on any atom is 0.143 e. The fourth-order valence-corrected chi connectivity index (χ4v) is 15.1. The topological polar surface area (TPSA) is 32.8 Å². The fraction of sp³-hybridized carbons (Fsp3) is 0. The zero-order chi connectivity index (χ0) is 64.6. The summed E-state index contributed by atoms with van der Waals surface area (Å²) in [6, 6.07) is 132. The van der Waals surface area contributed by atoms with Crippen LogP contribution in [0.25, 0.3) is 154 Å². The van der Waals surface area contributed by atoms with Gasteiger partial charge in [0.1, 0.15) is 22.3 Å². The number of rotatable bonds is 12. The summed E-state index contributed by atoms with van der Waals surface area (Å²) in [6.07, 6.45) is 0. The molecule has 2 heterocycles. The van der Waals surface area contributed by atoms with Crippen LogP contribution in [0.3, 0.4) is 0 Å². The summed E-state index contributed by atoms with van der Waals surface area (Å²) in [7, 11) is 0. The number of furan rings is 2. The molecule has 0 N–H and O–H groups in total. The van der Waals surface area contributed by atoms with E-state index < -0.39 is 0 Å². The maximum atomic E-state index is 7.28. The smallest absolute Gasteiger partial charge is 0.143 e. The van der Waals surface area contributed by atoms with Crippen LogP contribution in [-0.2, 0) is 0 Å². The van der Waals surface area contributed by atoms with Crippen molar-refractivity contribution in [3.05, 3.63) is 364 Å². The van der Waals surface area contributed by atoms with E-state index in [1.807, 2.05) is 6.07 Å². The number of benzene rings is 17. The minimum atomic E-state index is 0.854. The Hall–Kier alpha value is -13.0. The summed E-state index contributed by atoms with van der Waals surface area (Å²) in [4.78, 5) is 4.82. The van der Waals surface area contributed by atoms with Crippen LogP contribution in [0.5, 0.6) is 0 Å². The van der Waals surface area contributed by atoms with E-state index in [-0.39, 0.29) is 0 Å². The van der Waals surface area contributed by atoms with Crippen LogP contribution in [0, 0.1) is 0 Å². The molecule has 0 saturated heterocycles. The van der Waals surface area contributed by atoms with Gasteiger partial charge in [0.25, 0.3) is 0 Å². The minimum absolute atomic E-state index is 0.854. The normalized spacial score (nSPS) is 11.7. The van der Waals surface area contributed by atoms with Crippen LogP contribution in [0.2, 0.25) is 0 Å². The molecular weight excluding hydrogens is 1190 g/mol. The molecule has 0 fully saturated rings. The van der Waals surface area contributed by atoms with Crippen molar-refractivity contribution in [2.24, 2.45) is 0 Å². The second kappa shape index (κ2) is 23.5. The number of fused-ring (bicyclic) bond motifs is 10. The maximum absolute atomic E-state index is 7.28. The van der Waals surface area contributed by atoms with Crippen LogP contribution >= 0.6 is 0 Å². The highest BCUT2D eigenvalue weighted by molar-refractivity contribution is 6.15. The van der Waals surface area contributed by atoms with Crippen molar-refractivity contribution in [1.82, 2.24) is 0 Å². The molecule has 4 nitrogen and oxygen atoms in total. The molecule has 0 aliphatic carbocycles. The highest BCUT2D eigenvalue weighted by atomic mass is 16.3. The molecule has 0 spiro atoms. The first-order chi connectivity index (χ1) is 48.6. The minimum Gasteiger partial charge on any atom is -0.455 e. The standard InChI is InChI=1S/C94H60N2O2/c1-2-21-69-58-70(47-44-61(69)18-1)65-52-56-75(57-53-65)96(88-38-14-23-68-20-4-6-25-77(68)88)90-36-11-8-27-80(90)83-31-17-34-86-85-33-15-29-78(92(85)98-94(83)86)72-49-46-66-45-48-71(59-73(66)60-72)64-42-40-62(41-43-64)63-50-54-74(55-51-63)95(87-37-13-22-67-19-3-5-24-76(67)87)89-35-10-7-26-79(89)82-30-16-32-84-81-28-9-12-39-91(81)97-93(82)84/h1-60H. The van der Waals surface area contributed by atoms with Gasteiger partial charge in [0, 0.05) is 71.5 Å². The number of anilines is 6. The van der Waals surface area contributed by atoms with Crippen molar-refractivity contribution in [2.45, 2.75) is 0 Å². The summed E-state index contributed by atoms with van der Waals surface area (Å²) in [5.41, 5.74) is 23.2. The van der Waals surface area contributed by atoms with Crippen LogP contribution in [-0.4, -0.2) is 0 Å².